The van der Waals surface area contributed by atoms with E-state index in [1.54, 1.807) is 0 Å². The minimum absolute atomic E-state index is 0.695. The summed E-state index contributed by atoms with van der Waals surface area (Å²) in [5, 5.41) is 0. The normalized spacial score (nSPS) is 11.9. The molecule has 18 heavy (non-hydrogen) atoms. The second-order valence-corrected chi connectivity index (χ2v) is 4.93. The van der Waals surface area contributed by atoms with Gasteiger partial charge in [0.2, 0.25) is 0 Å². The number of carbonyl (C=O) groups excluding carboxylic acids is 1. The van der Waals surface area contributed by atoms with Gasteiger partial charge in [0.25, 0.3) is 9.84 Å². The maximum absolute atomic E-state index is 12.4. The summed E-state index contributed by atoms with van der Waals surface area (Å²) >= 11 is 0. The molecule has 0 atom stereocenters. The standard InChI is InChI=1S/C10H7F3O4S/c1-2-9(14)17-7-5-3-4-6-8(7)18(15,16)10(11,12)13/h2-6H,1H2. The van der Waals surface area contributed by atoms with E-state index in [2.05, 4.69) is 11.3 Å². The Morgan fingerprint density at radius 2 is 1.83 bits per heavy atom. The molecule has 0 saturated heterocycles. The molecule has 0 unspecified atom stereocenters. The third kappa shape index (κ3) is 2.70. The molecule has 0 aliphatic rings. The Bertz CT molecular complexity index is 575. The van der Waals surface area contributed by atoms with Gasteiger partial charge in [-0.1, -0.05) is 18.7 Å². The number of sulfone groups is 1. The molecule has 0 saturated carbocycles. The predicted octanol–water partition coefficient (Wildman–Crippen LogP) is 2.07. The highest BCUT2D eigenvalue weighted by Crippen LogP contribution is 2.35. The largest absolute Gasteiger partial charge is 0.502 e. The van der Waals surface area contributed by atoms with Crippen molar-refractivity contribution in [2.75, 3.05) is 0 Å². The molecule has 0 aliphatic heterocycles. The molecule has 0 heterocycles. The SMILES string of the molecule is C=CC(=O)Oc1ccccc1S(=O)(=O)C(F)(F)F. The zero-order valence-corrected chi connectivity index (χ0v) is 9.59. The Hall–Kier alpha value is -1.83. The number of alkyl halides is 3. The quantitative estimate of drug-likeness (QED) is 0.483. The van der Waals surface area contributed by atoms with Crippen molar-refractivity contribution in [3.05, 3.63) is 36.9 Å². The van der Waals surface area contributed by atoms with Crippen LogP contribution in [0.25, 0.3) is 0 Å². The molecule has 1 aromatic rings. The summed E-state index contributed by atoms with van der Waals surface area (Å²) in [4.78, 5) is 9.78. The first-order chi connectivity index (χ1) is 8.20. The van der Waals surface area contributed by atoms with Crippen molar-refractivity contribution in [1.82, 2.24) is 0 Å². The molecule has 1 aromatic carbocycles. The molecule has 0 aliphatic carbocycles. The average molecular weight is 280 g/mol. The average Bonchev–Trinajstić information content (AvgIpc) is 2.28. The number of carbonyl (C=O) groups is 1. The first-order valence-electron chi connectivity index (χ1n) is 4.45. The van der Waals surface area contributed by atoms with Gasteiger partial charge in [-0.3, -0.25) is 0 Å². The zero-order valence-electron chi connectivity index (χ0n) is 8.77. The van der Waals surface area contributed by atoms with Gasteiger partial charge in [-0.05, 0) is 12.1 Å². The summed E-state index contributed by atoms with van der Waals surface area (Å²) < 4.78 is 64.0. The van der Waals surface area contributed by atoms with E-state index in [1.807, 2.05) is 0 Å². The van der Waals surface area contributed by atoms with E-state index in [9.17, 15) is 26.4 Å². The number of hydrogen-bond acceptors (Lipinski definition) is 4. The maximum atomic E-state index is 12.4. The number of benzene rings is 1. The molecule has 0 amide bonds. The van der Waals surface area contributed by atoms with Crippen molar-refractivity contribution in [3.8, 4) is 5.75 Å². The summed E-state index contributed by atoms with van der Waals surface area (Å²) in [7, 11) is -5.57. The monoisotopic (exact) mass is 280 g/mol. The lowest BCUT2D eigenvalue weighted by Crippen LogP contribution is -2.24. The highest BCUT2D eigenvalue weighted by Gasteiger charge is 2.48. The Kier molecular flexibility index (Phi) is 3.80. The van der Waals surface area contributed by atoms with E-state index in [1.165, 1.54) is 6.07 Å². The number of hydrogen-bond donors (Lipinski definition) is 0. The highest BCUT2D eigenvalue weighted by atomic mass is 32.2. The van der Waals surface area contributed by atoms with Crippen LogP contribution in [-0.4, -0.2) is 19.9 Å². The van der Waals surface area contributed by atoms with Crippen LogP contribution in [0.1, 0.15) is 0 Å². The molecule has 0 radical (unpaired) electrons. The topological polar surface area (TPSA) is 60.4 Å². The summed E-state index contributed by atoms with van der Waals surface area (Å²) in [5.74, 6) is -1.75. The summed E-state index contributed by atoms with van der Waals surface area (Å²) in [5.41, 5.74) is -5.47. The fourth-order valence-corrected chi connectivity index (χ4v) is 1.91. The van der Waals surface area contributed by atoms with Crippen LogP contribution in [-0.2, 0) is 14.6 Å². The van der Waals surface area contributed by atoms with Crippen molar-refractivity contribution in [2.24, 2.45) is 0 Å². The van der Waals surface area contributed by atoms with Crippen LogP contribution in [0.5, 0.6) is 5.75 Å². The van der Waals surface area contributed by atoms with Gasteiger partial charge in [0.05, 0.1) is 0 Å². The molecule has 4 nitrogen and oxygen atoms in total. The van der Waals surface area contributed by atoms with Gasteiger partial charge < -0.3 is 4.74 Å². The Balaban J connectivity index is 3.35. The number of ether oxygens (including phenoxy) is 1. The third-order valence-electron chi connectivity index (χ3n) is 1.82. The van der Waals surface area contributed by atoms with Gasteiger partial charge in [0, 0.05) is 6.08 Å². The van der Waals surface area contributed by atoms with E-state index in [0.717, 1.165) is 12.1 Å². The predicted molar refractivity (Wildman–Crippen MR) is 55.5 cm³/mol. The minimum Gasteiger partial charge on any atom is -0.422 e. The number of para-hydroxylation sites is 1. The fourth-order valence-electron chi connectivity index (χ4n) is 1.03. The van der Waals surface area contributed by atoms with Crippen LogP contribution < -0.4 is 4.74 Å². The minimum atomic E-state index is -5.57. The molecule has 98 valence electrons. The lowest BCUT2D eigenvalue weighted by molar-refractivity contribution is -0.129. The maximum Gasteiger partial charge on any atom is 0.502 e. The van der Waals surface area contributed by atoms with E-state index < -0.39 is 32.0 Å². The fraction of sp³-hybridized carbons (Fsp3) is 0.100. The lowest BCUT2D eigenvalue weighted by Gasteiger charge is -2.11. The van der Waals surface area contributed by atoms with Crippen LogP contribution in [0, 0.1) is 0 Å². The van der Waals surface area contributed by atoms with Gasteiger partial charge in [-0.2, -0.15) is 13.2 Å². The van der Waals surface area contributed by atoms with Crippen molar-refractivity contribution in [3.63, 3.8) is 0 Å². The van der Waals surface area contributed by atoms with Crippen molar-refractivity contribution in [1.29, 1.82) is 0 Å². The van der Waals surface area contributed by atoms with Crippen LogP contribution >= 0.6 is 0 Å². The first kappa shape index (κ1) is 14.2. The van der Waals surface area contributed by atoms with Gasteiger partial charge in [0.15, 0.2) is 0 Å². The molecule has 0 aromatic heterocycles. The van der Waals surface area contributed by atoms with Crippen molar-refractivity contribution < 1.29 is 31.1 Å². The Morgan fingerprint density at radius 3 is 2.33 bits per heavy atom. The van der Waals surface area contributed by atoms with Gasteiger partial charge in [-0.25, -0.2) is 13.2 Å². The molecule has 0 N–H and O–H groups in total. The molecule has 1 rings (SSSR count). The van der Waals surface area contributed by atoms with Crippen LogP contribution in [0.2, 0.25) is 0 Å². The van der Waals surface area contributed by atoms with Gasteiger partial charge in [0.1, 0.15) is 10.6 Å². The number of rotatable bonds is 3. The number of esters is 1. The van der Waals surface area contributed by atoms with Crippen LogP contribution in [0.3, 0.4) is 0 Å². The van der Waals surface area contributed by atoms with Crippen molar-refractivity contribution >= 4 is 15.8 Å². The second kappa shape index (κ2) is 4.81. The van der Waals surface area contributed by atoms with Crippen molar-refractivity contribution in [2.45, 2.75) is 10.4 Å². The van der Waals surface area contributed by atoms with Crippen LogP contribution in [0.4, 0.5) is 13.2 Å². The van der Waals surface area contributed by atoms with E-state index in [4.69, 9.17) is 0 Å². The Morgan fingerprint density at radius 1 is 1.28 bits per heavy atom. The van der Waals surface area contributed by atoms with E-state index in [0.29, 0.717) is 12.1 Å². The molecule has 8 heteroatoms. The molecular weight excluding hydrogens is 273 g/mol. The first-order valence-corrected chi connectivity index (χ1v) is 5.93. The zero-order chi connectivity index (χ0) is 14.0. The highest BCUT2D eigenvalue weighted by molar-refractivity contribution is 7.92. The summed E-state index contributed by atoms with van der Waals surface area (Å²) in [6, 6.07) is 3.97. The molecular formula is C10H7F3O4S. The molecule has 0 fully saturated rings. The third-order valence-corrected chi connectivity index (χ3v) is 3.35. The van der Waals surface area contributed by atoms with Gasteiger partial charge >= 0.3 is 11.5 Å². The van der Waals surface area contributed by atoms with E-state index >= 15 is 0 Å². The van der Waals surface area contributed by atoms with Crippen LogP contribution in [0.15, 0.2) is 41.8 Å². The second-order valence-electron chi connectivity index (χ2n) is 3.02. The molecule has 0 spiro atoms. The van der Waals surface area contributed by atoms with E-state index in [-0.39, 0.29) is 0 Å². The Labute approximate surface area is 101 Å². The smallest absolute Gasteiger partial charge is 0.422 e. The van der Waals surface area contributed by atoms with Gasteiger partial charge in [-0.15, -0.1) is 0 Å². The molecule has 0 bridgehead atoms. The summed E-state index contributed by atoms with van der Waals surface area (Å²) in [6.07, 6.45) is 0.705. The lowest BCUT2D eigenvalue weighted by atomic mass is 10.3. The summed E-state index contributed by atoms with van der Waals surface area (Å²) in [6.45, 7) is 3.05. The number of halogens is 3.